The summed E-state index contributed by atoms with van der Waals surface area (Å²) >= 11 is 1.72. The molecule has 0 aliphatic carbocycles. The van der Waals surface area contributed by atoms with Crippen LogP contribution in [0.1, 0.15) is 40.5 Å². The van der Waals surface area contributed by atoms with E-state index in [2.05, 4.69) is 59.2 Å². The van der Waals surface area contributed by atoms with Crippen LogP contribution in [0.3, 0.4) is 0 Å². The summed E-state index contributed by atoms with van der Waals surface area (Å²) in [6.07, 6.45) is 1.73. The van der Waals surface area contributed by atoms with Crippen molar-refractivity contribution in [2.24, 2.45) is 0 Å². The largest absolute Gasteiger partial charge is 0.365 e. The van der Waals surface area contributed by atoms with E-state index in [-0.39, 0.29) is 17.6 Å². The molecular formula is C25H26N2O2S. The topological polar surface area (TPSA) is 41.6 Å². The number of likely N-dealkylation sites (tertiary alicyclic amines) is 1. The third-order valence-corrected chi connectivity index (χ3v) is 7.29. The zero-order valence-corrected chi connectivity index (χ0v) is 17.7. The maximum Gasteiger partial charge on any atom is 0.236 e. The maximum absolute atomic E-state index is 13.0. The van der Waals surface area contributed by atoms with E-state index in [1.165, 1.54) is 21.6 Å². The summed E-state index contributed by atoms with van der Waals surface area (Å²) in [4.78, 5) is 16.2. The van der Waals surface area contributed by atoms with Crippen molar-refractivity contribution >= 4 is 17.2 Å². The number of piperidine rings is 1. The minimum atomic E-state index is -0.204. The van der Waals surface area contributed by atoms with Crippen molar-refractivity contribution in [3.8, 4) is 0 Å². The molecular weight excluding hydrogens is 392 g/mol. The van der Waals surface area contributed by atoms with Crippen molar-refractivity contribution in [3.05, 3.63) is 93.7 Å². The SMILES string of the molecule is O=C(CNC(c1ccccc1)c1cccs1)N1CCC2(CC1)OCc1ccccc12. The fourth-order valence-corrected chi connectivity index (χ4v) is 5.53. The number of ether oxygens (including phenoxy) is 1. The number of hydrogen-bond donors (Lipinski definition) is 1. The number of amides is 1. The van der Waals surface area contributed by atoms with Gasteiger partial charge < -0.3 is 9.64 Å². The summed E-state index contributed by atoms with van der Waals surface area (Å²) in [7, 11) is 0. The van der Waals surface area contributed by atoms with E-state index in [0.717, 1.165) is 25.9 Å². The Bertz CT molecular complexity index is 995. The third-order valence-electron chi connectivity index (χ3n) is 6.35. The predicted molar refractivity (Wildman–Crippen MR) is 119 cm³/mol. The van der Waals surface area contributed by atoms with E-state index in [1.54, 1.807) is 11.3 Å². The summed E-state index contributed by atoms with van der Waals surface area (Å²) < 4.78 is 6.23. The van der Waals surface area contributed by atoms with E-state index in [4.69, 9.17) is 4.74 Å². The van der Waals surface area contributed by atoms with Gasteiger partial charge in [0.15, 0.2) is 0 Å². The van der Waals surface area contributed by atoms with Crippen LogP contribution in [0, 0.1) is 0 Å². The number of rotatable bonds is 5. The molecule has 2 aliphatic heterocycles. The molecule has 5 heteroatoms. The number of fused-ring (bicyclic) bond motifs is 2. The fourth-order valence-electron chi connectivity index (χ4n) is 4.70. The van der Waals surface area contributed by atoms with Gasteiger partial charge in [-0.3, -0.25) is 10.1 Å². The summed E-state index contributed by atoms with van der Waals surface area (Å²) in [5.41, 5.74) is 3.59. The number of nitrogens with one attached hydrogen (secondary N) is 1. The molecule has 0 saturated carbocycles. The summed E-state index contributed by atoms with van der Waals surface area (Å²) in [5.74, 6) is 0.161. The molecule has 3 heterocycles. The predicted octanol–water partition coefficient (Wildman–Crippen LogP) is 4.48. The monoisotopic (exact) mass is 418 g/mol. The number of hydrogen-bond acceptors (Lipinski definition) is 4. The molecule has 154 valence electrons. The molecule has 1 unspecified atom stereocenters. The molecule has 3 aromatic rings. The lowest BCUT2D eigenvalue weighted by Crippen LogP contribution is -2.48. The van der Waals surface area contributed by atoms with Crippen LogP contribution in [0.4, 0.5) is 0 Å². The highest BCUT2D eigenvalue weighted by Crippen LogP contribution is 2.43. The highest BCUT2D eigenvalue weighted by molar-refractivity contribution is 7.10. The van der Waals surface area contributed by atoms with Gasteiger partial charge in [0.05, 0.1) is 24.8 Å². The fraction of sp³-hybridized carbons (Fsp3) is 0.320. The molecule has 30 heavy (non-hydrogen) atoms. The minimum absolute atomic E-state index is 0.0383. The molecule has 2 aliphatic rings. The van der Waals surface area contributed by atoms with Gasteiger partial charge in [-0.15, -0.1) is 11.3 Å². The van der Waals surface area contributed by atoms with Crippen molar-refractivity contribution in [1.82, 2.24) is 10.2 Å². The minimum Gasteiger partial charge on any atom is -0.365 e. The summed E-state index contributed by atoms with van der Waals surface area (Å²) in [5, 5.41) is 5.58. The number of thiophene rings is 1. The van der Waals surface area contributed by atoms with Gasteiger partial charge >= 0.3 is 0 Å². The van der Waals surface area contributed by atoms with Gasteiger partial charge in [-0.25, -0.2) is 0 Å². The number of benzene rings is 2. The average molecular weight is 419 g/mol. The van der Waals surface area contributed by atoms with E-state index in [9.17, 15) is 4.79 Å². The first-order valence-electron chi connectivity index (χ1n) is 10.6. The average Bonchev–Trinajstić information content (AvgIpc) is 3.45. The molecule has 4 nitrogen and oxygen atoms in total. The lowest BCUT2D eigenvalue weighted by molar-refractivity contribution is -0.137. The van der Waals surface area contributed by atoms with Crippen LogP contribution >= 0.6 is 11.3 Å². The Morgan fingerprint density at radius 2 is 1.80 bits per heavy atom. The van der Waals surface area contributed by atoms with Gasteiger partial charge in [0, 0.05) is 18.0 Å². The second kappa shape index (κ2) is 8.34. The molecule has 0 bridgehead atoms. The van der Waals surface area contributed by atoms with Gasteiger partial charge in [-0.2, -0.15) is 0 Å². The molecule has 1 amide bonds. The highest BCUT2D eigenvalue weighted by Gasteiger charge is 2.43. The van der Waals surface area contributed by atoms with E-state index in [0.29, 0.717) is 13.2 Å². The lowest BCUT2D eigenvalue weighted by atomic mass is 9.84. The van der Waals surface area contributed by atoms with Crippen LogP contribution < -0.4 is 5.32 Å². The first-order valence-corrected chi connectivity index (χ1v) is 11.4. The molecule has 1 saturated heterocycles. The zero-order valence-electron chi connectivity index (χ0n) is 16.9. The molecule has 0 radical (unpaired) electrons. The zero-order chi connectivity index (χ0) is 20.4. The van der Waals surface area contributed by atoms with Crippen molar-refractivity contribution in [1.29, 1.82) is 0 Å². The molecule has 1 atom stereocenters. The van der Waals surface area contributed by atoms with E-state index >= 15 is 0 Å². The molecule has 1 fully saturated rings. The second-order valence-corrected chi connectivity index (χ2v) is 9.04. The second-order valence-electron chi connectivity index (χ2n) is 8.06. The Balaban J connectivity index is 1.22. The van der Waals surface area contributed by atoms with Crippen molar-refractivity contribution in [2.45, 2.75) is 31.1 Å². The van der Waals surface area contributed by atoms with Gasteiger partial charge in [0.25, 0.3) is 0 Å². The van der Waals surface area contributed by atoms with Crippen molar-refractivity contribution in [3.63, 3.8) is 0 Å². The van der Waals surface area contributed by atoms with Gasteiger partial charge in [0.2, 0.25) is 5.91 Å². The van der Waals surface area contributed by atoms with E-state index in [1.807, 2.05) is 23.1 Å². The van der Waals surface area contributed by atoms with Crippen LogP contribution in [-0.2, 0) is 21.7 Å². The Kier molecular flexibility index (Phi) is 5.42. The quantitative estimate of drug-likeness (QED) is 0.664. The number of carbonyl (C=O) groups excluding carboxylic acids is 1. The lowest BCUT2D eigenvalue weighted by Gasteiger charge is -2.39. The van der Waals surface area contributed by atoms with Gasteiger partial charge in [-0.05, 0) is 41.0 Å². The third kappa shape index (κ3) is 3.69. The Labute approximate surface area is 181 Å². The smallest absolute Gasteiger partial charge is 0.236 e. The van der Waals surface area contributed by atoms with Crippen molar-refractivity contribution < 1.29 is 9.53 Å². The standard InChI is InChI=1S/C25H26N2O2S/c28-23(17-26-24(22-11-6-16-30-22)19-7-2-1-3-8-19)27-14-12-25(13-15-27)21-10-5-4-9-20(21)18-29-25/h1-11,16,24,26H,12-15,17-18H2. The normalized spacial score (nSPS) is 18.3. The Morgan fingerprint density at radius 3 is 2.57 bits per heavy atom. The van der Waals surface area contributed by atoms with Crippen LogP contribution in [0.25, 0.3) is 0 Å². The molecule has 1 spiro atoms. The van der Waals surface area contributed by atoms with Gasteiger partial charge in [0.1, 0.15) is 0 Å². The molecule has 1 aromatic heterocycles. The van der Waals surface area contributed by atoms with Crippen LogP contribution in [0.2, 0.25) is 0 Å². The van der Waals surface area contributed by atoms with Crippen molar-refractivity contribution in [2.75, 3.05) is 19.6 Å². The number of nitrogens with zero attached hydrogens (tertiary/aromatic N) is 1. The molecule has 5 rings (SSSR count). The molecule has 2 aromatic carbocycles. The Hall–Kier alpha value is -2.47. The molecule has 1 N–H and O–H groups in total. The first-order chi connectivity index (χ1) is 14.8. The summed E-state index contributed by atoms with van der Waals surface area (Å²) in [6, 6.07) is 23.1. The van der Waals surface area contributed by atoms with Crippen LogP contribution in [-0.4, -0.2) is 30.4 Å². The van der Waals surface area contributed by atoms with Crippen LogP contribution in [0.15, 0.2) is 72.1 Å². The number of carbonyl (C=O) groups is 1. The highest BCUT2D eigenvalue weighted by atomic mass is 32.1. The van der Waals surface area contributed by atoms with Crippen LogP contribution in [0.5, 0.6) is 0 Å². The summed E-state index contributed by atoms with van der Waals surface area (Å²) in [6.45, 7) is 2.50. The first kappa shape index (κ1) is 19.5. The van der Waals surface area contributed by atoms with E-state index < -0.39 is 0 Å². The van der Waals surface area contributed by atoms with Gasteiger partial charge in [-0.1, -0.05) is 60.7 Å². The maximum atomic E-state index is 13.0. The Morgan fingerprint density at radius 1 is 1.03 bits per heavy atom.